The minimum atomic E-state index is -1.12. The van der Waals surface area contributed by atoms with Gasteiger partial charge in [-0.2, -0.15) is 0 Å². The minimum Gasteiger partial charge on any atom is -0.477 e. The summed E-state index contributed by atoms with van der Waals surface area (Å²) < 4.78 is 0. The maximum atomic E-state index is 10.8. The Morgan fingerprint density at radius 3 is 2.64 bits per heavy atom. The second kappa shape index (κ2) is 2.57. The third kappa shape index (κ3) is 1.46. The largest absolute Gasteiger partial charge is 0.477 e. The number of H-pyrrole nitrogens is 1. The van der Waals surface area contributed by atoms with Crippen LogP contribution in [0.5, 0.6) is 0 Å². The summed E-state index contributed by atoms with van der Waals surface area (Å²) in [6.45, 7) is 1.62. The Balaban J connectivity index is 3.26. The molecule has 1 aromatic heterocycles. The molecule has 4 heteroatoms. The molecule has 0 atom stereocenters. The van der Waals surface area contributed by atoms with Gasteiger partial charge in [0.2, 0.25) is 0 Å². The summed E-state index contributed by atoms with van der Waals surface area (Å²) in [7, 11) is 0. The van der Waals surface area contributed by atoms with Gasteiger partial charge in [0, 0.05) is 5.56 Å². The molecule has 4 nitrogen and oxygen atoms in total. The van der Waals surface area contributed by atoms with Gasteiger partial charge in [0.15, 0.2) is 0 Å². The fourth-order valence-electron chi connectivity index (χ4n) is 0.671. The molecule has 0 saturated heterocycles. The zero-order valence-electron chi connectivity index (χ0n) is 5.92. The summed E-state index contributed by atoms with van der Waals surface area (Å²) >= 11 is 0. The van der Waals surface area contributed by atoms with Crippen LogP contribution in [-0.2, 0) is 0 Å². The minimum absolute atomic E-state index is 0.0828. The summed E-state index contributed by atoms with van der Waals surface area (Å²) in [5.74, 6) is -1.12. The lowest BCUT2D eigenvalue weighted by atomic mass is 10.3. The van der Waals surface area contributed by atoms with Gasteiger partial charge >= 0.3 is 5.97 Å². The third-order valence-electron chi connectivity index (χ3n) is 1.34. The van der Waals surface area contributed by atoms with Crippen LogP contribution >= 0.6 is 0 Å². The number of hydrogen-bond donors (Lipinski definition) is 2. The smallest absolute Gasteiger partial charge is 0.352 e. The lowest BCUT2D eigenvalue weighted by Gasteiger charge is -1.93. The molecule has 0 aliphatic heterocycles. The number of carboxylic acids is 1. The van der Waals surface area contributed by atoms with Crippen LogP contribution in [0.2, 0.25) is 0 Å². The topological polar surface area (TPSA) is 70.2 Å². The number of carbonyl (C=O) groups is 1. The van der Waals surface area contributed by atoms with Gasteiger partial charge < -0.3 is 10.1 Å². The van der Waals surface area contributed by atoms with Crippen molar-refractivity contribution < 1.29 is 9.90 Å². The van der Waals surface area contributed by atoms with Gasteiger partial charge in [-0.25, -0.2) is 4.79 Å². The SMILES string of the molecule is Cc1ccc(C(=O)O)[nH]c1=O. The first-order chi connectivity index (χ1) is 5.11. The Labute approximate surface area is 62.5 Å². The summed E-state index contributed by atoms with van der Waals surface area (Å²) in [4.78, 5) is 23.3. The van der Waals surface area contributed by atoms with Crippen molar-refractivity contribution in [1.29, 1.82) is 0 Å². The van der Waals surface area contributed by atoms with E-state index < -0.39 is 5.97 Å². The van der Waals surface area contributed by atoms with Crippen LogP contribution < -0.4 is 5.56 Å². The Hall–Kier alpha value is -1.58. The van der Waals surface area contributed by atoms with Gasteiger partial charge in [0.25, 0.3) is 5.56 Å². The highest BCUT2D eigenvalue weighted by Crippen LogP contribution is 1.92. The van der Waals surface area contributed by atoms with Gasteiger partial charge in [-0.05, 0) is 13.0 Å². The number of aromatic amines is 1. The highest BCUT2D eigenvalue weighted by molar-refractivity contribution is 5.85. The maximum absolute atomic E-state index is 10.8. The molecule has 0 radical (unpaired) electrons. The molecule has 58 valence electrons. The third-order valence-corrected chi connectivity index (χ3v) is 1.34. The van der Waals surface area contributed by atoms with Crippen molar-refractivity contribution in [2.75, 3.05) is 0 Å². The molecule has 1 heterocycles. The molecule has 0 aliphatic carbocycles. The molecular weight excluding hydrogens is 146 g/mol. The van der Waals surface area contributed by atoms with Crippen molar-refractivity contribution in [1.82, 2.24) is 4.98 Å². The Morgan fingerprint density at radius 2 is 2.18 bits per heavy atom. The number of hydrogen-bond acceptors (Lipinski definition) is 2. The molecule has 0 amide bonds. The predicted molar refractivity (Wildman–Crippen MR) is 38.8 cm³/mol. The van der Waals surface area contributed by atoms with Gasteiger partial charge in [-0.1, -0.05) is 6.07 Å². The van der Waals surface area contributed by atoms with Crippen LogP contribution in [0.25, 0.3) is 0 Å². The molecular formula is C7H7NO3. The lowest BCUT2D eigenvalue weighted by Crippen LogP contribution is -2.14. The lowest BCUT2D eigenvalue weighted by molar-refractivity contribution is 0.0690. The monoisotopic (exact) mass is 153 g/mol. The Bertz CT molecular complexity index is 340. The molecule has 2 N–H and O–H groups in total. The normalized spacial score (nSPS) is 9.55. The summed E-state index contributed by atoms with van der Waals surface area (Å²) in [6.07, 6.45) is 0. The number of aryl methyl sites for hydroxylation is 1. The van der Waals surface area contributed by atoms with E-state index in [0.29, 0.717) is 5.56 Å². The molecule has 0 fully saturated rings. The molecule has 0 bridgehead atoms. The second-order valence-electron chi connectivity index (χ2n) is 2.19. The van der Waals surface area contributed by atoms with Crippen molar-refractivity contribution in [3.8, 4) is 0 Å². The summed E-state index contributed by atoms with van der Waals surface area (Å²) in [6, 6.07) is 2.83. The van der Waals surface area contributed by atoms with E-state index in [0.717, 1.165) is 0 Å². The predicted octanol–water partition coefficient (Wildman–Crippen LogP) is 0.382. The second-order valence-corrected chi connectivity index (χ2v) is 2.19. The molecule has 0 spiro atoms. The molecule has 1 rings (SSSR count). The number of pyridine rings is 1. The van der Waals surface area contributed by atoms with E-state index in [9.17, 15) is 9.59 Å². The zero-order chi connectivity index (χ0) is 8.43. The van der Waals surface area contributed by atoms with E-state index in [1.165, 1.54) is 12.1 Å². The quantitative estimate of drug-likeness (QED) is 0.612. The van der Waals surface area contributed by atoms with E-state index in [1.54, 1.807) is 6.92 Å². The van der Waals surface area contributed by atoms with Gasteiger partial charge in [-0.3, -0.25) is 4.79 Å². The number of carboxylic acid groups (broad SMARTS) is 1. The molecule has 0 aromatic carbocycles. The van der Waals surface area contributed by atoms with Crippen molar-refractivity contribution in [3.05, 3.63) is 33.7 Å². The van der Waals surface area contributed by atoms with Crippen LogP contribution in [-0.4, -0.2) is 16.1 Å². The fraction of sp³-hybridized carbons (Fsp3) is 0.143. The van der Waals surface area contributed by atoms with E-state index in [-0.39, 0.29) is 11.3 Å². The Morgan fingerprint density at radius 1 is 1.55 bits per heavy atom. The average molecular weight is 153 g/mol. The standard InChI is InChI=1S/C7H7NO3/c1-4-2-3-5(7(10)11)8-6(4)9/h2-3H,1H3,(H,8,9)(H,10,11). The van der Waals surface area contributed by atoms with Crippen LogP contribution in [0, 0.1) is 6.92 Å². The van der Waals surface area contributed by atoms with Crippen LogP contribution in [0.1, 0.15) is 16.1 Å². The number of aromatic carboxylic acids is 1. The van der Waals surface area contributed by atoms with Crippen molar-refractivity contribution >= 4 is 5.97 Å². The van der Waals surface area contributed by atoms with Crippen LogP contribution in [0.3, 0.4) is 0 Å². The van der Waals surface area contributed by atoms with E-state index in [4.69, 9.17) is 5.11 Å². The summed E-state index contributed by atoms with van der Waals surface area (Å²) in [5, 5.41) is 8.43. The first kappa shape index (κ1) is 7.53. The molecule has 1 aromatic rings. The Kier molecular flexibility index (Phi) is 1.76. The van der Waals surface area contributed by atoms with E-state index in [1.807, 2.05) is 0 Å². The van der Waals surface area contributed by atoms with Crippen molar-refractivity contribution in [3.63, 3.8) is 0 Å². The fourth-order valence-corrected chi connectivity index (χ4v) is 0.671. The highest BCUT2D eigenvalue weighted by Gasteiger charge is 2.02. The number of nitrogens with one attached hydrogen (secondary N) is 1. The highest BCUT2D eigenvalue weighted by atomic mass is 16.4. The zero-order valence-corrected chi connectivity index (χ0v) is 5.92. The molecule has 0 saturated carbocycles. The molecule has 11 heavy (non-hydrogen) atoms. The van der Waals surface area contributed by atoms with E-state index in [2.05, 4.69) is 4.98 Å². The number of rotatable bonds is 1. The van der Waals surface area contributed by atoms with Gasteiger partial charge in [0.05, 0.1) is 0 Å². The van der Waals surface area contributed by atoms with Gasteiger partial charge in [-0.15, -0.1) is 0 Å². The van der Waals surface area contributed by atoms with Crippen molar-refractivity contribution in [2.45, 2.75) is 6.92 Å². The average Bonchev–Trinajstić information content (AvgIpc) is 1.94. The maximum Gasteiger partial charge on any atom is 0.352 e. The van der Waals surface area contributed by atoms with Crippen molar-refractivity contribution in [2.24, 2.45) is 0 Å². The van der Waals surface area contributed by atoms with Crippen LogP contribution in [0.15, 0.2) is 16.9 Å². The molecule has 0 aliphatic rings. The first-order valence-corrected chi connectivity index (χ1v) is 3.04. The number of aromatic nitrogens is 1. The molecule has 0 unspecified atom stereocenters. The van der Waals surface area contributed by atoms with Crippen LogP contribution in [0.4, 0.5) is 0 Å². The van der Waals surface area contributed by atoms with Gasteiger partial charge in [0.1, 0.15) is 5.69 Å². The first-order valence-electron chi connectivity index (χ1n) is 3.04. The van der Waals surface area contributed by atoms with E-state index >= 15 is 0 Å². The summed E-state index contributed by atoms with van der Waals surface area (Å²) in [5.41, 5.74) is 0.0699.